The Bertz CT molecular complexity index is 464. The third-order valence-electron chi connectivity index (χ3n) is 3.70. The lowest BCUT2D eigenvalue weighted by Crippen LogP contribution is -2.31. The Morgan fingerprint density at radius 1 is 1.37 bits per heavy atom. The van der Waals surface area contributed by atoms with E-state index >= 15 is 0 Å². The minimum Gasteiger partial charge on any atom is -0.468 e. The highest BCUT2D eigenvalue weighted by atomic mass is 16.5. The minimum absolute atomic E-state index is 0.198. The van der Waals surface area contributed by atoms with E-state index in [0.717, 1.165) is 24.0 Å². The lowest BCUT2D eigenvalue weighted by Gasteiger charge is -2.20. The van der Waals surface area contributed by atoms with E-state index in [-0.39, 0.29) is 12.0 Å². The van der Waals surface area contributed by atoms with Crippen LogP contribution in [0.5, 0.6) is 0 Å². The third-order valence-corrected chi connectivity index (χ3v) is 3.70. The molecule has 0 spiro atoms. The van der Waals surface area contributed by atoms with Gasteiger partial charge >= 0.3 is 5.97 Å². The van der Waals surface area contributed by atoms with Crippen LogP contribution in [-0.4, -0.2) is 19.1 Å². The van der Waals surface area contributed by atoms with Gasteiger partial charge in [0.25, 0.3) is 0 Å². The number of benzene rings is 1. The number of ether oxygens (including phenoxy) is 1. The fourth-order valence-electron chi connectivity index (χ4n) is 2.22. The number of esters is 1. The predicted octanol–water partition coefficient (Wildman–Crippen LogP) is 3.08. The van der Waals surface area contributed by atoms with E-state index < -0.39 is 0 Å². The summed E-state index contributed by atoms with van der Waals surface area (Å²) in [5.74, 6) is 0.259. The SMILES string of the molecule is COC(=O)C(NC1CC1)c1cc(C(C)C)ccc1C. The number of carbonyl (C=O) groups excluding carboxylic acids is 1. The summed E-state index contributed by atoms with van der Waals surface area (Å²) in [6.45, 7) is 6.37. The first-order chi connectivity index (χ1) is 9.02. The lowest BCUT2D eigenvalue weighted by atomic mass is 9.94. The van der Waals surface area contributed by atoms with Crippen molar-refractivity contribution in [2.24, 2.45) is 0 Å². The summed E-state index contributed by atoms with van der Waals surface area (Å²) < 4.78 is 4.95. The van der Waals surface area contributed by atoms with Gasteiger partial charge in [-0.1, -0.05) is 32.0 Å². The molecule has 1 aromatic carbocycles. The van der Waals surface area contributed by atoms with Crippen molar-refractivity contribution < 1.29 is 9.53 Å². The Kier molecular flexibility index (Phi) is 4.25. The van der Waals surface area contributed by atoms with Gasteiger partial charge in [0, 0.05) is 6.04 Å². The van der Waals surface area contributed by atoms with Gasteiger partial charge in [0.05, 0.1) is 7.11 Å². The highest BCUT2D eigenvalue weighted by Crippen LogP contribution is 2.28. The molecule has 1 atom stereocenters. The van der Waals surface area contributed by atoms with Gasteiger partial charge in [-0.25, -0.2) is 4.79 Å². The minimum atomic E-state index is -0.337. The Labute approximate surface area is 115 Å². The van der Waals surface area contributed by atoms with Gasteiger partial charge in [0.15, 0.2) is 0 Å². The van der Waals surface area contributed by atoms with Crippen LogP contribution in [0.3, 0.4) is 0 Å². The zero-order valence-corrected chi connectivity index (χ0v) is 12.2. The van der Waals surface area contributed by atoms with Crippen molar-refractivity contribution in [2.45, 2.75) is 51.6 Å². The van der Waals surface area contributed by atoms with Crippen LogP contribution >= 0.6 is 0 Å². The van der Waals surface area contributed by atoms with Crippen molar-refractivity contribution in [3.8, 4) is 0 Å². The monoisotopic (exact) mass is 261 g/mol. The van der Waals surface area contributed by atoms with Crippen molar-refractivity contribution in [2.75, 3.05) is 7.11 Å². The van der Waals surface area contributed by atoms with E-state index in [2.05, 4.69) is 37.4 Å². The number of nitrogens with one attached hydrogen (secondary N) is 1. The van der Waals surface area contributed by atoms with Gasteiger partial charge in [0.2, 0.25) is 0 Å². The van der Waals surface area contributed by atoms with E-state index in [1.807, 2.05) is 6.92 Å². The van der Waals surface area contributed by atoms with Gasteiger partial charge in [-0.15, -0.1) is 0 Å². The topological polar surface area (TPSA) is 38.3 Å². The quantitative estimate of drug-likeness (QED) is 0.828. The first-order valence-corrected chi connectivity index (χ1v) is 6.97. The van der Waals surface area contributed by atoms with Crippen molar-refractivity contribution in [1.82, 2.24) is 5.32 Å². The van der Waals surface area contributed by atoms with E-state index in [9.17, 15) is 4.79 Å². The molecule has 19 heavy (non-hydrogen) atoms. The van der Waals surface area contributed by atoms with Crippen LogP contribution in [0.15, 0.2) is 18.2 Å². The van der Waals surface area contributed by atoms with Gasteiger partial charge < -0.3 is 4.74 Å². The average molecular weight is 261 g/mol. The highest BCUT2D eigenvalue weighted by Gasteiger charge is 2.31. The summed E-state index contributed by atoms with van der Waals surface area (Å²) >= 11 is 0. The van der Waals surface area contributed by atoms with Gasteiger partial charge in [-0.05, 0) is 42.4 Å². The summed E-state index contributed by atoms with van der Waals surface area (Å²) in [6, 6.07) is 6.49. The van der Waals surface area contributed by atoms with Crippen LogP contribution in [0.4, 0.5) is 0 Å². The molecule has 1 aliphatic carbocycles. The third kappa shape index (κ3) is 3.35. The van der Waals surface area contributed by atoms with Crippen LogP contribution in [0.1, 0.15) is 55.3 Å². The molecule has 0 amide bonds. The zero-order chi connectivity index (χ0) is 14.0. The molecule has 1 aromatic rings. The van der Waals surface area contributed by atoms with E-state index in [4.69, 9.17) is 4.74 Å². The van der Waals surface area contributed by atoms with E-state index in [1.165, 1.54) is 12.7 Å². The fourth-order valence-corrected chi connectivity index (χ4v) is 2.22. The van der Waals surface area contributed by atoms with Gasteiger partial charge in [-0.2, -0.15) is 0 Å². The summed E-state index contributed by atoms with van der Waals surface area (Å²) in [4.78, 5) is 12.0. The second-order valence-corrected chi connectivity index (χ2v) is 5.67. The molecule has 1 saturated carbocycles. The normalized spacial score (nSPS) is 16.5. The summed E-state index contributed by atoms with van der Waals surface area (Å²) in [5, 5.41) is 3.39. The number of hydrogen-bond donors (Lipinski definition) is 1. The maximum Gasteiger partial charge on any atom is 0.327 e. The fraction of sp³-hybridized carbons (Fsp3) is 0.562. The number of carbonyl (C=O) groups is 1. The molecule has 0 heterocycles. The lowest BCUT2D eigenvalue weighted by molar-refractivity contribution is -0.143. The predicted molar refractivity (Wildman–Crippen MR) is 76.2 cm³/mol. The van der Waals surface area contributed by atoms with Crippen LogP contribution in [0.2, 0.25) is 0 Å². The molecule has 0 radical (unpaired) electrons. The van der Waals surface area contributed by atoms with Crippen molar-refractivity contribution in [3.05, 3.63) is 34.9 Å². The Hall–Kier alpha value is -1.35. The standard InChI is InChI=1S/C16H23NO2/c1-10(2)12-6-5-11(3)14(9-12)15(16(18)19-4)17-13-7-8-13/h5-6,9-10,13,15,17H,7-8H2,1-4H3. The molecule has 0 bridgehead atoms. The summed E-state index contributed by atoms with van der Waals surface area (Å²) in [7, 11) is 1.45. The van der Waals surface area contributed by atoms with Crippen molar-refractivity contribution in [3.63, 3.8) is 0 Å². The second-order valence-electron chi connectivity index (χ2n) is 5.67. The first-order valence-electron chi connectivity index (χ1n) is 6.97. The highest BCUT2D eigenvalue weighted by molar-refractivity contribution is 5.78. The molecule has 1 unspecified atom stereocenters. The molecule has 3 nitrogen and oxygen atoms in total. The van der Waals surface area contributed by atoms with Crippen LogP contribution in [0, 0.1) is 6.92 Å². The van der Waals surface area contributed by atoms with Gasteiger partial charge in [0.1, 0.15) is 6.04 Å². The largest absolute Gasteiger partial charge is 0.468 e. The Balaban J connectivity index is 2.33. The maximum atomic E-state index is 12.0. The summed E-state index contributed by atoms with van der Waals surface area (Å²) in [5.41, 5.74) is 3.44. The van der Waals surface area contributed by atoms with Gasteiger partial charge in [-0.3, -0.25) is 5.32 Å². The molecule has 0 aliphatic heterocycles. The van der Waals surface area contributed by atoms with Crippen molar-refractivity contribution in [1.29, 1.82) is 0 Å². The molecule has 3 heteroatoms. The van der Waals surface area contributed by atoms with E-state index in [1.54, 1.807) is 0 Å². The van der Waals surface area contributed by atoms with Crippen LogP contribution in [-0.2, 0) is 9.53 Å². The Morgan fingerprint density at radius 3 is 2.58 bits per heavy atom. The molecule has 0 saturated heterocycles. The molecule has 2 rings (SSSR count). The second kappa shape index (κ2) is 5.74. The number of methoxy groups -OCH3 is 1. The number of rotatable bonds is 5. The molecular formula is C16H23NO2. The molecular weight excluding hydrogens is 238 g/mol. The molecule has 1 aliphatic rings. The Morgan fingerprint density at radius 2 is 2.05 bits per heavy atom. The van der Waals surface area contributed by atoms with Crippen molar-refractivity contribution >= 4 is 5.97 Å². The zero-order valence-electron chi connectivity index (χ0n) is 12.2. The molecule has 1 fully saturated rings. The summed E-state index contributed by atoms with van der Waals surface area (Å²) in [6.07, 6.45) is 2.30. The van der Waals surface area contributed by atoms with Crippen LogP contribution < -0.4 is 5.32 Å². The van der Waals surface area contributed by atoms with Crippen LogP contribution in [0.25, 0.3) is 0 Å². The smallest absolute Gasteiger partial charge is 0.327 e. The molecule has 104 valence electrons. The first kappa shape index (κ1) is 14.1. The molecule has 1 N–H and O–H groups in total. The van der Waals surface area contributed by atoms with E-state index in [0.29, 0.717) is 12.0 Å². The average Bonchev–Trinajstić information content (AvgIpc) is 3.19. The number of aryl methyl sites for hydroxylation is 1. The molecule has 0 aromatic heterocycles. The maximum absolute atomic E-state index is 12.0. The number of hydrogen-bond acceptors (Lipinski definition) is 3.